The van der Waals surface area contributed by atoms with E-state index in [1.807, 2.05) is 0 Å². The van der Waals surface area contributed by atoms with Crippen molar-refractivity contribution in [1.29, 1.82) is 0 Å². The molecule has 0 atom stereocenters. The molecule has 0 bridgehead atoms. The Hall–Kier alpha value is -0.550. The third kappa shape index (κ3) is 5.32. The van der Waals surface area contributed by atoms with Crippen LogP contribution in [0.5, 0.6) is 0 Å². The smallest absolute Gasteiger partial charge is 0.244 e. The number of hydrogen-bond donors (Lipinski definition) is 2. The monoisotopic (exact) mass is 148 g/mol. The molecule has 0 unspecified atom stereocenters. The third-order valence-electron chi connectivity index (χ3n) is 0.612. The minimum Gasteiger partial charge on any atom is -0.315 e. The molecule has 9 heavy (non-hydrogen) atoms. The SMILES string of the molecule is CNCC(S)=C[N+](=O)[O-]. The van der Waals surface area contributed by atoms with E-state index in [0.717, 1.165) is 6.20 Å². The van der Waals surface area contributed by atoms with Crippen molar-refractivity contribution in [2.75, 3.05) is 13.6 Å². The van der Waals surface area contributed by atoms with Crippen LogP contribution in [0.4, 0.5) is 0 Å². The van der Waals surface area contributed by atoms with Gasteiger partial charge in [-0.15, -0.1) is 12.6 Å². The molecule has 0 aromatic heterocycles. The molecule has 4 nitrogen and oxygen atoms in total. The van der Waals surface area contributed by atoms with Gasteiger partial charge in [0.25, 0.3) is 0 Å². The molecular formula is C4H8N2O2S. The van der Waals surface area contributed by atoms with Gasteiger partial charge in [-0.1, -0.05) is 0 Å². The van der Waals surface area contributed by atoms with Crippen LogP contribution in [0.15, 0.2) is 11.1 Å². The van der Waals surface area contributed by atoms with Crippen molar-refractivity contribution in [1.82, 2.24) is 5.32 Å². The first-order valence-corrected chi connectivity index (χ1v) is 2.79. The van der Waals surface area contributed by atoms with Crippen LogP contribution in [0.25, 0.3) is 0 Å². The van der Waals surface area contributed by atoms with Gasteiger partial charge >= 0.3 is 0 Å². The number of rotatable bonds is 3. The van der Waals surface area contributed by atoms with Crippen LogP contribution < -0.4 is 5.32 Å². The van der Waals surface area contributed by atoms with Crippen LogP contribution in [0.2, 0.25) is 0 Å². The molecule has 0 spiro atoms. The zero-order valence-corrected chi connectivity index (χ0v) is 5.89. The number of nitrogens with one attached hydrogen (secondary N) is 1. The van der Waals surface area contributed by atoms with E-state index in [0.29, 0.717) is 11.4 Å². The van der Waals surface area contributed by atoms with Gasteiger partial charge in [-0.3, -0.25) is 10.1 Å². The summed E-state index contributed by atoms with van der Waals surface area (Å²) >= 11 is 3.81. The average Bonchev–Trinajstić information content (AvgIpc) is 1.63. The normalized spacial score (nSPS) is 11.6. The highest BCUT2D eigenvalue weighted by Gasteiger charge is 1.92. The molecule has 0 aromatic carbocycles. The summed E-state index contributed by atoms with van der Waals surface area (Å²) in [6.45, 7) is 0.435. The van der Waals surface area contributed by atoms with Gasteiger partial charge in [-0.25, -0.2) is 0 Å². The molecule has 0 aliphatic rings. The summed E-state index contributed by atoms with van der Waals surface area (Å²) in [6.07, 6.45) is 0.861. The fourth-order valence-corrected chi connectivity index (χ4v) is 0.601. The van der Waals surface area contributed by atoms with Gasteiger partial charge in [0.1, 0.15) is 0 Å². The molecule has 0 radical (unpaired) electrons. The van der Waals surface area contributed by atoms with Crippen LogP contribution in [0, 0.1) is 10.1 Å². The highest BCUT2D eigenvalue weighted by Crippen LogP contribution is 1.96. The first-order valence-electron chi connectivity index (χ1n) is 2.34. The molecule has 1 N–H and O–H groups in total. The molecule has 0 aliphatic carbocycles. The Morgan fingerprint density at radius 3 is 2.89 bits per heavy atom. The van der Waals surface area contributed by atoms with E-state index >= 15 is 0 Å². The Bertz CT molecular complexity index is 135. The quantitative estimate of drug-likeness (QED) is 0.343. The standard InChI is InChI=1S/C4H8N2O2S/c1-5-2-4(9)3-6(7)8/h3,5,9H,2H2,1H3. The second-order valence-corrected chi connectivity index (χ2v) is 2.01. The van der Waals surface area contributed by atoms with E-state index < -0.39 is 4.92 Å². The zero-order chi connectivity index (χ0) is 7.28. The molecule has 0 fully saturated rings. The second-order valence-electron chi connectivity index (χ2n) is 1.44. The highest BCUT2D eigenvalue weighted by atomic mass is 32.1. The van der Waals surface area contributed by atoms with Crippen LogP contribution in [0.1, 0.15) is 0 Å². The highest BCUT2D eigenvalue weighted by molar-refractivity contribution is 7.84. The van der Waals surface area contributed by atoms with E-state index in [1.165, 1.54) is 0 Å². The lowest BCUT2D eigenvalue weighted by Crippen LogP contribution is -2.08. The molecular weight excluding hydrogens is 140 g/mol. The maximum absolute atomic E-state index is 9.74. The van der Waals surface area contributed by atoms with Crippen molar-refractivity contribution in [3.63, 3.8) is 0 Å². The van der Waals surface area contributed by atoms with Crippen molar-refractivity contribution in [3.05, 3.63) is 21.2 Å². The lowest BCUT2D eigenvalue weighted by molar-refractivity contribution is -0.402. The van der Waals surface area contributed by atoms with E-state index in [4.69, 9.17) is 0 Å². The maximum atomic E-state index is 9.74. The summed E-state index contributed by atoms with van der Waals surface area (Å²) < 4.78 is 0. The molecule has 0 rings (SSSR count). The Morgan fingerprint density at radius 1 is 2.00 bits per heavy atom. The third-order valence-corrected chi connectivity index (χ3v) is 0.886. The molecule has 52 valence electrons. The van der Waals surface area contributed by atoms with Crippen LogP contribution >= 0.6 is 12.6 Å². The van der Waals surface area contributed by atoms with Crippen molar-refractivity contribution in [2.24, 2.45) is 0 Å². The first-order chi connectivity index (χ1) is 4.16. The molecule has 0 aromatic rings. The molecule has 0 aliphatic heterocycles. The molecule has 0 saturated carbocycles. The van der Waals surface area contributed by atoms with Crippen LogP contribution in [-0.2, 0) is 0 Å². The van der Waals surface area contributed by atoms with Gasteiger partial charge in [-0.05, 0) is 7.05 Å². The summed E-state index contributed by atoms with van der Waals surface area (Å²) in [5.41, 5.74) is 0. The number of likely N-dealkylation sites (N-methyl/N-ethyl adjacent to an activating group) is 1. The van der Waals surface area contributed by atoms with E-state index in [1.54, 1.807) is 7.05 Å². The number of hydrogen-bond acceptors (Lipinski definition) is 4. The van der Waals surface area contributed by atoms with Gasteiger partial charge in [0, 0.05) is 6.54 Å². The van der Waals surface area contributed by atoms with E-state index in [-0.39, 0.29) is 0 Å². The average molecular weight is 148 g/mol. The number of thiol groups is 1. The van der Waals surface area contributed by atoms with Gasteiger partial charge in [0.15, 0.2) is 0 Å². The van der Waals surface area contributed by atoms with Gasteiger partial charge in [0.05, 0.1) is 9.83 Å². The fourth-order valence-electron chi connectivity index (χ4n) is 0.348. The molecule has 5 heteroatoms. The fraction of sp³-hybridized carbons (Fsp3) is 0.500. The lowest BCUT2D eigenvalue weighted by Gasteiger charge is -1.91. The number of nitro groups is 1. The van der Waals surface area contributed by atoms with Crippen molar-refractivity contribution < 1.29 is 4.92 Å². The second kappa shape index (κ2) is 4.34. The topological polar surface area (TPSA) is 55.2 Å². The largest absolute Gasteiger partial charge is 0.315 e. The van der Waals surface area contributed by atoms with Gasteiger partial charge in [0.2, 0.25) is 6.20 Å². The molecule has 0 heterocycles. The van der Waals surface area contributed by atoms with E-state index in [9.17, 15) is 10.1 Å². The summed E-state index contributed by atoms with van der Waals surface area (Å²) in [7, 11) is 1.70. The zero-order valence-electron chi connectivity index (χ0n) is 5.00. The Morgan fingerprint density at radius 2 is 2.56 bits per heavy atom. The summed E-state index contributed by atoms with van der Waals surface area (Å²) in [5, 5.41) is 12.5. The predicted molar refractivity (Wildman–Crippen MR) is 38.0 cm³/mol. The number of nitrogens with zero attached hydrogens (tertiary/aromatic N) is 1. The van der Waals surface area contributed by atoms with E-state index in [2.05, 4.69) is 17.9 Å². The van der Waals surface area contributed by atoms with Crippen molar-refractivity contribution in [2.45, 2.75) is 0 Å². The first kappa shape index (κ1) is 8.45. The lowest BCUT2D eigenvalue weighted by atomic mass is 10.6. The minimum atomic E-state index is -0.528. The van der Waals surface area contributed by atoms with Crippen LogP contribution in [0.3, 0.4) is 0 Å². The van der Waals surface area contributed by atoms with Gasteiger partial charge in [-0.2, -0.15) is 0 Å². The summed E-state index contributed by atoms with van der Waals surface area (Å²) in [6, 6.07) is 0. The Labute approximate surface area is 58.5 Å². The van der Waals surface area contributed by atoms with Gasteiger partial charge < -0.3 is 5.32 Å². The van der Waals surface area contributed by atoms with Crippen molar-refractivity contribution >= 4 is 12.6 Å². The molecule has 0 amide bonds. The van der Waals surface area contributed by atoms with Crippen molar-refractivity contribution in [3.8, 4) is 0 Å². The maximum Gasteiger partial charge on any atom is 0.244 e. The predicted octanol–water partition coefficient (Wildman–Crippen LogP) is 0.254. The van der Waals surface area contributed by atoms with Crippen LogP contribution in [-0.4, -0.2) is 18.5 Å². The summed E-state index contributed by atoms with van der Waals surface area (Å²) in [4.78, 5) is 9.63. The minimum absolute atomic E-state index is 0.419. The molecule has 0 saturated heterocycles. The Balaban J connectivity index is 3.69. The Kier molecular flexibility index (Phi) is 4.08. The summed E-state index contributed by atoms with van der Waals surface area (Å²) in [5.74, 6) is 0.